The minimum Gasteiger partial charge on any atom is -0.378 e. The summed E-state index contributed by atoms with van der Waals surface area (Å²) < 4.78 is 10.1. The molecule has 4 rings (SSSR count). The van der Waals surface area contributed by atoms with Gasteiger partial charge in [0.05, 0.1) is 19.9 Å². The number of hydrogen-bond acceptors (Lipinski definition) is 5. The second-order valence-corrected chi connectivity index (χ2v) is 7.05. The van der Waals surface area contributed by atoms with Gasteiger partial charge in [0, 0.05) is 45.3 Å². The molecule has 0 spiro atoms. The van der Waals surface area contributed by atoms with Gasteiger partial charge in [-0.2, -0.15) is 5.10 Å². The van der Waals surface area contributed by atoms with Crippen LogP contribution in [-0.2, 0) is 11.4 Å². The monoisotopic (exact) mass is 352 g/mol. The van der Waals surface area contributed by atoms with Gasteiger partial charge in [-0.1, -0.05) is 0 Å². The molecule has 9 heteroatoms. The van der Waals surface area contributed by atoms with Gasteiger partial charge in [-0.3, -0.25) is 4.90 Å². The van der Waals surface area contributed by atoms with Gasteiger partial charge < -0.3 is 19.1 Å². The fourth-order valence-electron chi connectivity index (χ4n) is 3.27. The number of amides is 2. The molecule has 0 atom stereocenters. The van der Waals surface area contributed by atoms with Crippen LogP contribution in [0, 0.1) is 4.77 Å². The molecule has 2 amide bonds. The van der Waals surface area contributed by atoms with Gasteiger partial charge >= 0.3 is 6.03 Å². The number of aromatic nitrogens is 3. The van der Waals surface area contributed by atoms with Crippen LogP contribution in [0.1, 0.15) is 18.9 Å². The maximum absolute atomic E-state index is 12.5. The molecular weight excluding hydrogens is 328 g/mol. The number of ether oxygens (including phenoxy) is 1. The first-order valence-electron chi connectivity index (χ1n) is 8.70. The summed E-state index contributed by atoms with van der Waals surface area (Å²) >= 11 is 5.51. The van der Waals surface area contributed by atoms with Gasteiger partial charge in [0.2, 0.25) is 0 Å². The fraction of sp³-hybridized carbons (Fsp3) is 0.800. The van der Waals surface area contributed by atoms with Crippen molar-refractivity contribution in [3.63, 3.8) is 0 Å². The standard InChI is InChI=1S/C15H24N6O2S/c22-14(19-7-9-23-10-8-19)18-5-3-17(4-6-18)12-21-15(24)20(11-16-21)13-1-2-13/h11,13H,1-10,12H2. The highest BCUT2D eigenvalue weighted by atomic mass is 32.1. The molecule has 1 aliphatic carbocycles. The third-order valence-corrected chi connectivity index (χ3v) is 5.38. The lowest BCUT2D eigenvalue weighted by atomic mass is 10.3. The Morgan fingerprint density at radius 3 is 2.46 bits per heavy atom. The molecule has 2 saturated heterocycles. The largest absolute Gasteiger partial charge is 0.378 e. The molecule has 0 radical (unpaired) electrons. The maximum atomic E-state index is 12.5. The highest BCUT2D eigenvalue weighted by Crippen LogP contribution is 2.34. The molecule has 3 fully saturated rings. The van der Waals surface area contributed by atoms with Crippen LogP contribution in [0.15, 0.2) is 6.33 Å². The van der Waals surface area contributed by atoms with E-state index in [9.17, 15) is 4.79 Å². The average molecular weight is 352 g/mol. The molecule has 1 aromatic rings. The zero-order valence-electron chi connectivity index (χ0n) is 13.8. The van der Waals surface area contributed by atoms with Gasteiger partial charge in [0.1, 0.15) is 6.33 Å². The molecule has 0 bridgehead atoms. The Hall–Kier alpha value is -1.45. The van der Waals surface area contributed by atoms with Crippen LogP contribution in [0.2, 0.25) is 0 Å². The molecule has 0 unspecified atom stereocenters. The van der Waals surface area contributed by atoms with E-state index in [1.54, 1.807) is 0 Å². The Labute approximate surface area is 146 Å². The summed E-state index contributed by atoms with van der Waals surface area (Å²) in [6.45, 7) is 6.63. The van der Waals surface area contributed by atoms with Crippen molar-refractivity contribution in [3.05, 3.63) is 11.1 Å². The molecule has 1 aromatic heterocycles. The minimum atomic E-state index is 0.146. The van der Waals surface area contributed by atoms with Crippen molar-refractivity contribution in [2.24, 2.45) is 0 Å². The van der Waals surface area contributed by atoms with Gasteiger partial charge in [-0.25, -0.2) is 9.48 Å². The second-order valence-electron chi connectivity index (χ2n) is 6.68. The topological polar surface area (TPSA) is 58.8 Å². The summed E-state index contributed by atoms with van der Waals surface area (Å²) in [7, 11) is 0. The Morgan fingerprint density at radius 1 is 1.12 bits per heavy atom. The van der Waals surface area contributed by atoms with E-state index in [1.807, 2.05) is 20.8 Å². The van der Waals surface area contributed by atoms with Crippen LogP contribution in [0.3, 0.4) is 0 Å². The number of piperazine rings is 1. The Bertz CT molecular complexity index is 641. The van der Waals surface area contributed by atoms with Crippen molar-refractivity contribution in [3.8, 4) is 0 Å². The van der Waals surface area contributed by atoms with Crippen LogP contribution in [0.25, 0.3) is 0 Å². The lowest BCUT2D eigenvalue weighted by Gasteiger charge is -2.38. The summed E-state index contributed by atoms with van der Waals surface area (Å²) in [4.78, 5) is 18.7. The van der Waals surface area contributed by atoms with Gasteiger partial charge in [-0.15, -0.1) is 0 Å². The molecule has 1 saturated carbocycles. The lowest BCUT2D eigenvalue weighted by molar-refractivity contribution is 0.0354. The predicted molar refractivity (Wildman–Crippen MR) is 90.3 cm³/mol. The van der Waals surface area contributed by atoms with E-state index in [1.165, 1.54) is 12.8 Å². The Kier molecular flexibility index (Phi) is 4.55. The number of morpholine rings is 1. The average Bonchev–Trinajstić information content (AvgIpc) is 3.41. The molecule has 0 aromatic carbocycles. The van der Waals surface area contributed by atoms with Gasteiger partial charge in [-0.05, 0) is 25.1 Å². The summed E-state index contributed by atoms with van der Waals surface area (Å²) in [5.41, 5.74) is 0. The van der Waals surface area contributed by atoms with E-state index >= 15 is 0 Å². The van der Waals surface area contributed by atoms with Gasteiger partial charge in [0.25, 0.3) is 0 Å². The van der Waals surface area contributed by atoms with Crippen molar-refractivity contribution in [1.82, 2.24) is 29.0 Å². The van der Waals surface area contributed by atoms with Crippen molar-refractivity contribution in [1.29, 1.82) is 0 Å². The Morgan fingerprint density at radius 2 is 1.79 bits per heavy atom. The normalized spacial score (nSPS) is 22.8. The SMILES string of the molecule is O=C(N1CCOCC1)N1CCN(Cn2ncn(C3CC3)c2=S)CC1. The van der Waals surface area contributed by atoms with Gasteiger partial charge in [0.15, 0.2) is 4.77 Å². The van der Waals surface area contributed by atoms with E-state index in [0.29, 0.717) is 39.0 Å². The molecular formula is C15H24N6O2S. The van der Waals surface area contributed by atoms with E-state index in [4.69, 9.17) is 17.0 Å². The number of nitrogens with zero attached hydrogens (tertiary/aromatic N) is 6. The van der Waals surface area contributed by atoms with Crippen LogP contribution < -0.4 is 0 Å². The first kappa shape index (κ1) is 16.0. The minimum absolute atomic E-state index is 0.146. The smallest absolute Gasteiger partial charge is 0.320 e. The third kappa shape index (κ3) is 3.33. The number of rotatable bonds is 3. The van der Waals surface area contributed by atoms with Crippen LogP contribution in [0.4, 0.5) is 4.79 Å². The van der Waals surface area contributed by atoms with Crippen LogP contribution in [-0.4, -0.2) is 87.6 Å². The third-order valence-electron chi connectivity index (χ3n) is 4.96. The molecule has 132 valence electrons. The molecule has 0 N–H and O–H groups in total. The maximum Gasteiger partial charge on any atom is 0.320 e. The van der Waals surface area contributed by atoms with E-state index in [-0.39, 0.29) is 6.03 Å². The number of carbonyl (C=O) groups is 1. The molecule has 3 aliphatic rings. The highest BCUT2D eigenvalue weighted by molar-refractivity contribution is 7.71. The van der Waals surface area contributed by atoms with Crippen molar-refractivity contribution < 1.29 is 9.53 Å². The Balaban J connectivity index is 1.29. The molecule has 2 aliphatic heterocycles. The van der Waals surface area contributed by atoms with Crippen molar-refractivity contribution in [2.45, 2.75) is 25.6 Å². The predicted octanol–water partition coefficient (Wildman–Crippen LogP) is 0.776. The summed E-state index contributed by atoms with van der Waals surface area (Å²) in [6, 6.07) is 0.710. The van der Waals surface area contributed by atoms with Crippen molar-refractivity contribution in [2.75, 3.05) is 52.5 Å². The van der Waals surface area contributed by atoms with E-state index in [2.05, 4.69) is 14.6 Å². The van der Waals surface area contributed by atoms with E-state index in [0.717, 1.165) is 31.0 Å². The summed E-state index contributed by atoms with van der Waals surface area (Å²) in [5, 5.41) is 4.43. The number of urea groups is 1. The quantitative estimate of drug-likeness (QED) is 0.753. The molecule has 8 nitrogen and oxygen atoms in total. The first-order valence-corrected chi connectivity index (χ1v) is 9.11. The fourth-order valence-corrected chi connectivity index (χ4v) is 3.58. The van der Waals surface area contributed by atoms with Crippen LogP contribution >= 0.6 is 12.2 Å². The zero-order chi connectivity index (χ0) is 16.5. The number of hydrogen-bond donors (Lipinski definition) is 0. The summed E-state index contributed by atoms with van der Waals surface area (Å²) in [6.07, 6.45) is 4.28. The van der Waals surface area contributed by atoms with Crippen LogP contribution in [0.5, 0.6) is 0 Å². The van der Waals surface area contributed by atoms with E-state index < -0.39 is 0 Å². The van der Waals surface area contributed by atoms with Crippen molar-refractivity contribution >= 4 is 18.2 Å². The highest BCUT2D eigenvalue weighted by Gasteiger charge is 2.28. The first-order chi connectivity index (χ1) is 11.7. The molecule has 24 heavy (non-hydrogen) atoms. The molecule has 3 heterocycles. The number of carbonyl (C=O) groups excluding carboxylic acids is 1. The second kappa shape index (κ2) is 6.81. The summed E-state index contributed by atoms with van der Waals surface area (Å²) in [5.74, 6) is 0. The zero-order valence-corrected chi connectivity index (χ0v) is 14.7. The lowest BCUT2D eigenvalue weighted by Crippen LogP contribution is -2.54.